The normalized spacial score (nSPS) is 19.7. The van der Waals surface area contributed by atoms with Gasteiger partial charge in [-0.15, -0.1) is 0 Å². The molecule has 4 nitrogen and oxygen atoms in total. The molecule has 0 N–H and O–H groups in total. The summed E-state index contributed by atoms with van der Waals surface area (Å²) in [5.74, 6) is 0.482. The average molecular weight is 228 g/mol. The third kappa shape index (κ3) is 0.929. The lowest BCUT2D eigenvalue weighted by atomic mass is 10.4. The minimum absolute atomic E-state index is 0.0116. The number of rotatable bonds is 0. The summed E-state index contributed by atoms with van der Waals surface area (Å²) in [5.41, 5.74) is -0.0787. The molecule has 0 fully saturated rings. The van der Waals surface area contributed by atoms with Crippen LogP contribution in [0.5, 0.6) is 0 Å². The zero-order valence-electron chi connectivity index (χ0n) is 6.36. The molecule has 0 aromatic carbocycles. The molecule has 1 aromatic heterocycles. The largest absolute Gasteiger partial charge is 0.269 e. The van der Waals surface area contributed by atoms with Crippen molar-refractivity contribution in [2.24, 2.45) is 4.99 Å². The molecule has 0 saturated heterocycles. The van der Waals surface area contributed by atoms with Crippen LogP contribution in [0.2, 0.25) is 0 Å². The Hall–Kier alpha value is -0.970. The molecule has 2 rings (SSSR count). The molecule has 2 heterocycles. The summed E-state index contributed by atoms with van der Waals surface area (Å²) in [5, 5.41) is 0. The molecule has 5 heteroatoms. The summed E-state index contributed by atoms with van der Waals surface area (Å²) in [6.07, 6.45) is 3.18. The first-order valence-corrected chi connectivity index (χ1v) is 4.30. The molecule has 1 atom stereocenters. The van der Waals surface area contributed by atoms with Crippen LogP contribution in [0.15, 0.2) is 20.5 Å². The fourth-order valence-corrected chi connectivity index (χ4v) is 1.43. The van der Waals surface area contributed by atoms with E-state index in [1.165, 1.54) is 6.20 Å². The number of halogens is 1. The third-order valence-corrected chi connectivity index (χ3v) is 2.29. The second-order valence-electron chi connectivity index (χ2n) is 2.60. The Morgan fingerprint density at radius 2 is 2.42 bits per heavy atom. The van der Waals surface area contributed by atoms with Crippen LogP contribution in [0.4, 0.5) is 5.95 Å². The van der Waals surface area contributed by atoms with Gasteiger partial charge in [0.1, 0.15) is 4.47 Å². The van der Waals surface area contributed by atoms with Crippen LogP contribution < -0.4 is 5.56 Å². The topological polar surface area (TPSA) is 47.2 Å². The van der Waals surface area contributed by atoms with Gasteiger partial charge in [0.25, 0.3) is 5.56 Å². The first-order chi connectivity index (χ1) is 5.70. The Kier molecular flexibility index (Phi) is 1.61. The molecular formula is C7H6BrN3O. The van der Waals surface area contributed by atoms with Crippen LogP contribution in [0.3, 0.4) is 0 Å². The highest BCUT2D eigenvalue weighted by Gasteiger charge is 2.16. The molecule has 0 radical (unpaired) electrons. The monoisotopic (exact) mass is 227 g/mol. The van der Waals surface area contributed by atoms with Crippen molar-refractivity contribution in [1.82, 2.24) is 9.55 Å². The van der Waals surface area contributed by atoms with Gasteiger partial charge in [0.05, 0.1) is 12.2 Å². The zero-order valence-corrected chi connectivity index (χ0v) is 7.95. The van der Waals surface area contributed by atoms with E-state index in [2.05, 4.69) is 25.9 Å². The molecule has 1 aliphatic heterocycles. The summed E-state index contributed by atoms with van der Waals surface area (Å²) in [6.45, 7) is 1.90. The third-order valence-electron chi connectivity index (χ3n) is 1.74. The molecule has 1 aliphatic rings. The van der Waals surface area contributed by atoms with Crippen molar-refractivity contribution in [3.8, 4) is 0 Å². The summed E-state index contributed by atoms with van der Waals surface area (Å²) >= 11 is 3.12. The predicted molar refractivity (Wildman–Crippen MR) is 49.1 cm³/mol. The number of hydrogen-bond donors (Lipinski definition) is 0. The van der Waals surface area contributed by atoms with Gasteiger partial charge in [0.15, 0.2) is 0 Å². The fourth-order valence-electron chi connectivity index (χ4n) is 1.14. The molecular weight excluding hydrogens is 222 g/mol. The summed E-state index contributed by atoms with van der Waals surface area (Å²) < 4.78 is 2.02. The second-order valence-corrected chi connectivity index (χ2v) is 3.45. The maximum Gasteiger partial charge on any atom is 0.269 e. The maximum absolute atomic E-state index is 11.5. The minimum Gasteiger partial charge on any atom is -0.268 e. The molecule has 0 amide bonds. The fraction of sp³-hybridized carbons (Fsp3) is 0.286. The number of hydrogen-bond acceptors (Lipinski definition) is 3. The Balaban J connectivity index is 2.76. The SMILES string of the molecule is CC1C=Nc2ncc(Br)c(=O)n21. The van der Waals surface area contributed by atoms with Crippen LogP contribution in [0.1, 0.15) is 13.0 Å². The maximum atomic E-state index is 11.5. The van der Waals surface area contributed by atoms with E-state index in [9.17, 15) is 4.79 Å². The van der Waals surface area contributed by atoms with E-state index in [4.69, 9.17) is 0 Å². The van der Waals surface area contributed by atoms with Crippen LogP contribution >= 0.6 is 15.9 Å². The standard InChI is InChI=1S/C7H6BrN3O/c1-4-2-9-7-10-3-5(8)6(12)11(4)7/h2-4H,1H3. The number of fused-ring (bicyclic) bond motifs is 1. The molecule has 0 bridgehead atoms. The summed E-state index contributed by atoms with van der Waals surface area (Å²) in [6, 6.07) is 0.0116. The van der Waals surface area contributed by atoms with E-state index < -0.39 is 0 Å². The Bertz CT molecular complexity index is 410. The van der Waals surface area contributed by atoms with Gasteiger partial charge < -0.3 is 0 Å². The van der Waals surface area contributed by atoms with Crippen molar-refractivity contribution in [3.05, 3.63) is 21.0 Å². The number of nitrogens with zero attached hydrogens (tertiary/aromatic N) is 3. The van der Waals surface area contributed by atoms with Crippen LogP contribution in [-0.4, -0.2) is 15.8 Å². The van der Waals surface area contributed by atoms with Gasteiger partial charge in [-0.25, -0.2) is 9.98 Å². The van der Waals surface area contributed by atoms with Gasteiger partial charge in [-0.05, 0) is 22.9 Å². The van der Waals surface area contributed by atoms with E-state index in [0.29, 0.717) is 10.4 Å². The average Bonchev–Trinajstić information content (AvgIpc) is 2.41. The van der Waals surface area contributed by atoms with Crippen molar-refractivity contribution in [2.75, 3.05) is 0 Å². The van der Waals surface area contributed by atoms with E-state index in [1.54, 1.807) is 10.8 Å². The first-order valence-electron chi connectivity index (χ1n) is 3.51. The Morgan fingerprint density at radius 3 is 3.17 bits per heavy atom. The molecule has 1 aromatic rings. The molecule has 62 valence electrons. The first kappa shape index (κ1) is 7.67. The highest BCUT2D eigenvalue weighted by atomic mass is 79.9. The van der Waals surface area contributed by atoms with Crippen LogP contribution in [-0.2, 0) is 0 Å². The van der Waals surface area contributed by atoms with Gasteiger partial charge >= 0.3 is 0 Å². The van der Waals surface area contributed by atoms with Crippen LogP contribution in [0.25, 0.3) is 0 Å². The van der Waals surface area contributed by atoms with E-state index in [1.807, 2.05) is 6.92 Å². The van der Waals surface area contributed by atoms with Crippen molar-refractivity contribution >= 4 is 28.1 Å². The van der Waals surface area contributed by atoms with Crippen molar-refractivity contribution < 1.29 is 0 Å². The molecule has 0 spiro atoms. The Labute approximate surface area is 77.1 Å². The predicted octanol–water partition coefficient (Wildman–Crippen LogP) is 1.28. The Morgan fingerprint density at radius 1 is 1.67 bits per heavy atom. The molecule has 1 unspecified atom stereocenters. The van der Waals surface area contributed by atoms with Gasteiger partial charge in [-0.2, -0.15) is 0 Å². The molecule has 0 saturated carbocycles. The highest BCUT2D eigenvalue weighted by Crippen LogP contribution is 2.19. The minimum atomic E-state index is -0.0787. The lowest BCUT2D eigenvalue weighted by Crippen LogP contribution is -2.22. The van der Waals surface area contributed by atoms with E-state index >= 15 is 0 Å². The second kappa shape index (κ2) is 2.52. The van der Waals surface area contributed by atoms with E-state index in [0.717, 1.165) is 0 Å². The van der Waals surface area contributed by atoms with Gasteiger partial charge in [-0.1, -0.05) is 0 Å². The lowest BCUT2D eigenvalue weighted by Gasteiger charge is -2.05. The van der Waals surface area contributed by atoms with Gasteiger partial charge in [0, 0.05) is 6.21 Å². The quantitative estimate of drug-likeness (QED) is 0.671. The highest BCUT2D eigenvalue weighted by molar-refractivity contribution is 9.10. The molecule has 12 heavy (non-hydrogen) atoms. The number of aliphatic imine (C=N–C) groups is 1. The summed E-state index contributed by atoms with van der Waals surface area (Å²) in [4.78, 5) is 19.4. The zero-order chi connectivity index (χ0) is 8.72. The van der Waals surface area contributed by atoms with Crippen molar-refractivity contribution in [3.63, 3.8) is 0 Å². The van der Waals surface area contributed by atoms with E-state index in [-0.39, 0.29) is 11.6 Å². The van der Waals surface area contributed by atoms with Gasteiger partial charge in [-0.3, -0.25) is 9.36 Å². The number of aromatic nitrogens is 2. The van der Waals surface area contributed by atoms with Crippen molar-refractivity contribution in [1.29, 1.82) is 0 Å². The van der Waals surface area contributed by atoms with Crippen molar-refractivity contribution in [2.45, 2.75) is 13.0 Å². The smallest absolute Gasteiger partial charge is 0.268 e. The summed E-state index contributed by atoms with van der Waals surface area (Å²) in [7, 11) is 0. The molecule has 0 aliphatic carbocycles. The van der Waals surface area contributed by atoms with Gasteiger partial charge in [0.2, 0.25) is 5.95 Å². The van der Waals surface area contributed by atoms with Crippen LogP contribution in [0, 0.1) is 0 Å². The lowest BCUT2D eigenvalue weighted by molar-refractivity contribution is 0.688.